The fourth-order valence-corrected chi connectivity index (χ4v) is 4.12. The first kappa shape index (κ1) is 20.6. The smallest absolute Gasteiger partial charge is 0.262 e. The first-order valence-electron chi connectivity index (χ1n) is 9.85. The van der Waals surface area contributed by atoms with Crippen LogP contribution in [0.2, 0.25) is 0 Å². The number of nitrogens with one attached hydrogen (secondary N) is 1. The van der Waals surface area contributed by atoms with Crippen molar-refractivity contribution in [2.75, 3.05) is 11.9 Å². The topological polar surface area (TPSA) is 71.3 Å². The van der Waals surface area contributed by atoms with Gasteiger partial charge in [0, 0.05) is 10.5 Å². The molecule has 3 aromatic rings. The molecule has 1 aliphatic heterocycles. The molecule has 0 bridgehead atoms. The van der Waals surface area contributed by atoms with Crippen LogP contribution in [0.1, 0.15) is 23.6 Å². The van der Waals surface area contributed by atoms with Crippen LogP contribution in [-0.2, 0) is 11.4 Å². The van der Waals surface area contributed by atoms with Crippen molar-refractivity contribution in [3.8, 4) is 17.6 Å². The number of thioether (sulfide) groups is 1. The molecular formula is C25H20N2O3S. The standard InChI is InChI=1S/C25H20N2O3S/c1-2-29-22-13-17(14-24-25(28)27-20-9-5-6-10-23(20)31-24)11-12-21(22)30-16-19-8-4-3-7-18(19)15-26/h3-14H,2,16H2,1H3,(H,27,28)/b24-14-. The van der Waals surface area contributed by atoms with E-state index in [1.807, 2.05) is 73.7 Å². The Labute approximate surface area is 185 Å². The van der Waals surface area contributed by atoms with Crippen LogP contribution in [0.4, 0.5) is 5.69 Å². The van der Waals surface area contributed by atoms with Crippen LogP contribution in [0.25, 0.3) is 6.08 Å². The van der Waals surface area contributed by atoms with E-state index in [1.165, 1.54) is 11.8 Å². The molecule has 0 aliphatic carbocycles. The van der Waals surface area contributed by atoms with Crippen LogP contribution in [0.5, 0.6) is 11.5 Å². The largest absolute Gasteiger partial charge is 0.490 e. The monoisotopic (exact) mass is 428 g/mol. The lowest BCUT2D eigenvalue weighted by Crippen LogP contribution is -2.17. The quantitative estimate of drug-likeness (QED) is 0.516. The van der Waals surface area contributed by atoms with Gasteiger partial charge in [0.1, 0.15) is 6.61 Å². The fourth-order valence-electron chi connectivity index (χ4n) is 3.17. The number of amides is 1. The van der Waals surface area contributed by atoms with Crippen molar-refractivity contribution in [3.63, 3.8) is 0 Å². The first-order chi connectivity index (χ1) is 15.2. The second kappa shape index (κ2) is 9.41. The predicted octanol–water partition coefficient (Wildman–Crippen LogP) is 5.62. The van der Waals surface area contributed by atoms with Crippen LogP contribution in [0.3, 0.4) is 0 Å². The molecule has 1 heterocycles. The van der Waals surface area contributed by atoms with Crippen LogP contribution in [-0.4, -0.2) is 12.5 Å². The number of hydrogen-bond donors (Lipinski definition) is 1. The highest BCUT2D eigenvalue weighted by molar-refractivity contribution is 8.04. The Morgan fingerprint density at radius 3 is 2.68 bits per heavy atom. The van der Waals surface area contributed by atoms with Crippen LogP contribution in [0.15, 0.2) is 76.5 Å². The van der Waals surface area contributed by atoms with Crippen LogP contribution >= 0.6 is 11.8 Å². The van der Waals surface area contributed by atoms with Gasteiger partial charge in [-0.05, 0) is 48.9 Å². The summed E-state index contributed by atoms with van der Waals surface area (Å²) in [5, 5.41) is 12.2. The Bertz CT molecular complexity index is 1200. The molecule has 0 atom stereocenters. The number of hydrogen-bond acceptors (Lipinski definition) is 5. The zero-order chi connectivity index (χ0) is 21.6. The number of anilines is 1. The zero-order valence-corrected chi connectivity index (χ0v) is 17.7. The van der Waals surface area contributed by atoms with E-state index in [-0.39, 0.29) is 12.5 Å². The van der Waals surface area contributed by atoms with Crippen molar-refractivity contribution in [2.24, 2.45) is 0 Å². The Hall–Kier alpha value is -3.69. The van der Waals surface area contributed by atoms with Crippen molar-refractivity contribution in [1.82, 2.24) is 0 Å². The third-order valence-electron chi connectivity index (χ3n) is 4.67. The molecule has 3 aromatic carbocycles. The molecular weight excluding hydrogens is 408 g/mol. The second-order valence-electron chi connectivity index (χ2n) is 6.76. The Morgan fingerprint density at radius 1 is 1.03 bits per heavy atom. The number of carbonyl (C=O) groups is 1. The fraction of sp³-hybridized carbons (Fsp3) is 0.120. The lowest BCUT2D eigenvalue weighted by molar-refractivity contribution is -0.112. The van der Waals surface area contributed by atoms with Gasteiger partial charge in [0.05, 0.1) is 28.8 Å². The minimum Gasteiger partial charge on any atom is -0.490 e. The number of nitriles is 1. The number of rotatable bonds is 6. The van der Waals surface area contributed by atoms with E-state index in [9.17, 15) is 10.1 Å². The lowest BCUT2D eigenvalue weighted by Gasteiger charge is -2.18. The van der Waals surface area contributed by atoms with Crippen molar-refractivity contribution >= 4 is 29.4 Å². The summed E-state index contributed by atoms with van der Waals surface area (Å²) in [6, 6.07) is 22.8. The van der Waals surface area contributed by atoms with E-state index in [4.69, 9.17) is 9.47 Å². The summed E-state index contributed by atoms with van der Waals surface area (Å²) in [4.78, 5) is 14.1. The molecule has 1 amide bonds. The number of nitrogens with zero attached hydrogens (tertiary/aromatic N) is 1. The lowest BCUT2D eigenvalue weighted by atomic mass is 10.1. The minimum atomic E-state index is -0.130. The van der Waals surface area contributed by atoms with E-state index in [0.29, 0.717) is 28.6 Å². The average molecular weight is 429 g/mol. The van der Waals surface area contributed by atoms with Gasteiger partial charge in [-0.2, -0.15) is 5.26 Å². The second-order valence-corrected chi connectivity index (χ2v) is 7.84. The number of ether oxygens (including phenoxy) is 2. The number of fused-ring (bicyclic) bond motifs is 1. The van der Waals surface area contributed by atoms with Gasteiger partial charge in [-0.15, -0.1) is 0 Å². The molecule has 31 heavy (non-hydrogen) atoms. The van der Waals surface area contributed by atoms with Gasteiger partial charge in [-0.25, -0.2) is 0 Å². The summed E-state index contributed by atoms with van der Waals surface area (Å²) in [6.07, 6.45) is 1.84. The number of carbonyl (C=O) groups excluding carboxylic acids is 1. The summed E-state index contributed by atoms with van der Waals surface area (Å²) < 4.78 is 11.7. The third-order valence-corrected chi connectivity index (χ3v) is 5.76. The third kappa shape index (κ3) is 4.73. The van der Waals surface area contributed by atoms with Gasteiger partial charge in [0.15, 0.2) is 11.5 Å². The van der Waals surface area contributed by atoms with Crippen molar-refractivity contribution in [2.45, 2.75) is 18.4 Å². The normalized spacial score (nSPS) is 13.8. The number of benzene rings is 3. The highest BCUT2D eigenvalue weighted by atomic mass is 32.2. The minimum absolute atomic E-state index is 0.130. The van der Waals surface area contributed by atoms with E-state index in [1.54, 1.807) is 6.07 Å². The SMILES string of the molecule is CCOc1cc(/C=C2\Sc3ccccc3NC2=O)ccc1OCc1ccccc1C#N. The summed E-state index contributed by atoms with van der Waals surface area (Å²) in [7, 11) is 0. The molecule has 5 nitrogen and oxygen atoms in total. The van der Waals surface area contributed by atoms with E-state index in [0.717, 1.165) is 21.7 Å². The average Bonchev–Trinajstić information content (AvgIpc) is 2.79. The van der Waals surface area contributed by atoms with Gasteiger partial charge >= 0.3 is 0 Å². The first-order valence-corrected chi connectivity index (χ1v) is 10.7. The molecule has 0 fully saturated rings. The molecule has 0 aromatic heterocycles. The van der Waals surface area contributed by atoms with E-state index < -0.39 is 0 Å². The Kier molecular flexibility index (Phi) is 6.25. The molecule has 0 spiro atoms. The van der Waals surface area contributed by atoms with Gasteiger partial charge in [0.2, 0.25) is 0 Å². The summed E-state index contributed by atoms with van der Waals surface area (Å²) >= 11 is 1.44. The molecule has 0 radical (unpaired) electrons. The molecule has 0 saturated carbocycles. The maximum atomic E-state index is 12.5. The van der Waals surface area contributed by atoms with Crippen molar-refractivity contribution < 1.29 is 14.3 Å². The Morgan fingerprint density at radius 2 is 1.84 bits per heavy atom. The van der Waals surface area contributed by atoms with Crippen LogP contribution < -0.4 is 14.8 Å². The number of para-hydroxylation sites is 1. The predicted molar refractivity (Wildman–Crippen MR) is 122 cm³/mol. The molecule has 1 aliphatic rings. The molecule has 6 heteroatoms. The summed E-state index contributed by atoms with van der Waals surface area (Å²) in [5.41, 5.74) is 3.06. The summed E-state index contributed by atoms with van der Waals surface area (Å²) in [5.74, 6) is 1.05. The van der Waals surface area contributed by atoms with Crippen LogP contribution in [0, 0.1) is 11.3 Å². The highest BCUT2D eigenvalue weighted by Crippen LogP contribution is 2.39. The maximum absolute atomic E-state index is 12.5. The zero-order valence-electron chi connectivity index (χ0n) is 16.9. The van der Waals surface area contributed by atoms with Crippen molar-refractivity contribution in [1.29, 1.82) is 5.26 Å². The highest BCUT2D eigenvalue weighted by Gasteiger charge is 2.20. The van der Waals surface area contributed by atoms with Gasteiger partial charge < -0.3 is 14.8 Å². The molecule has 4 rings (SSSR count). The van der Waals surface area contributed by atoms with Crippen molar-refractivity contribution in [3.05, 3.63) is 88.3 Å². The van der Waals surface area contributed by atoms with E-state index in [2.05, 4.69) is 11.4 Å². The molecule has 154 valence electrons. The Balaban J connectivity index is 1.57. The van der Waals surface area contributed by atoms with E-state index >= 15 is 0 Å². The molecule has 0 saturated heterocycles. The van der Waals surface area contributed by atoms with Gasteiger partial charge in [-0.1, -0.05) is 48.2 Å². The summed E-state index contributed by atoms with van der Waals surface area (Å²) in [6.45, 7) is 2.65. The molecule has 0 unspecified atom stereocenters. The van der Waals surface area contributed by atoms with Gasteiger partial charge in [-0.3, -0.25) is 4.79 Å². The van der Waals surface area contributed by atoms with Gasteiger partial charge in [0.25, 0.3) is 5.91 Å². The maximum Gasteiger partial charge on any atom is 0.262 e. The molecule has 1 N–H and O–H groups in total.